The average molecular weight is 495 g/mol. The van der Waals surface area contributed by atoms with Crippen molar-refractivity contribution >= 4 is 29.5 Å². The average Bonchev–Trinajstić information content (AvgIpc) is 2.75. The fraction of sp³-hybridized carbons (Fsp3) is 0.640. The Morgan fingerprint density at radius 2 is 1.85 bits per heavy atom. The maximum absolute atomic E-state index is 13.4. The van der Waals surface area contributed by atoms with Crippen LogP contribution in [-0.4, -0.2) is 60.6 Å². The van der Waals surface area contributed by atoms with Gasteiger partial charge in [-0.2, -0.15) is 0 Å². The van der Waals surface area contributed by atoms with Crippen LogP contribution in [-0.2, 0) is 14.3 Å². The minimum absolute atomic E-state index is 0.0864. The highest BCUT2D eigenvalue weighted by Gasteiger charge is 2.40. The van der Waals surface area contributed by atoms with Crippen LogP contribution in [0.2, 0.25) is 5.02 Å². The summed E-state index contributed by atoms with van der Waals surface area (Å²) in [6.07, 6.45) is 0.831. The van der Waals surface area contributed by atoms with Crippen LogP contribution in [0.5, 0.6) is 0 Å². The van der Waals surface area contributed by atoms with Crippen LogP contribution in [0.1, 0.15) is 59.4 Å². The molecule has 1 aromatic carbocycles. The first-order valence-corrected chi connectivity index (χ1v) is 12.1. The van der Waals surface area contributed by atoms with Gasteiger partial charge in [0.05, 0.1) is 13.1 Å². The Hall–Kier alpha value is -2.32. The molecule has 8 nitrogen and oxygen atoms in total. The van der Waals surface area contributed by atoms with Gasteiger partial charge in [0.1, 0.15) is 11.6 Å². The molecule has 1 aromatic rings. The number of benzene rings is 1. The summed E-state index contributed by atoms with van der Waals surface area (Å²) in [6.45, 7) is 12.6. The van der Waals surface area contributed by atoms with E-state index in [-0.39, 0.29) is 30.3 Å². The first-order valence-electron chi connectivity index (χ1n) is 11.8. The van der Waals surface area contributed by atoms with Gasteiger partial charge in [0.25, 0.3) is 0 Å². The monoisotopic (exact) mass is 494 g/mol. The molecule has 0 spiro atoms. The number of piperidine rings is 1. The number of carbonyl (C=O) groups excluding carboxylic acids is 3. The first kappa shape index (κ1) is 27.9. The second-order valence-corrected chi connectivity index (χ2v) is 11.1. The van der Waals surface area contributed by atoms with Gasteiger partial charge in [-0.3, -0.25) is 9.59 Å². The fourth-order valence-electron chi connectivity index (χ4n) is 4.44. The SMILES string of the molecule is CC(C)C(NC(=O)NCC(C)(C)OC(=O)CN)C(=O)N1CCC(c2ccc(Cl)cc2)C(C)(C)C1. The van der Waals surface area contributed by atoms with E-state index in [0.717, 1.165) is 6.42 Å². The molecule has 0 aromatic heterocycles. The number of hydrogen-bond acceptors (Lipinski definition) is 5. The number of urea groups is 1. The summed E-state index contributed by atoms with van der Waals surface area (Å²) < 4.78 is 5.22. The molecule has 0 aliphatic carbocycles. The van der Waals surface area contributed by atoms with Crippen molar-refractivity contribution in [3.63, 3.8) is 0 Å². The van der Waals surface area contributed by atoms with Gasteiger partial charge in [-0.15, -0.1) is 0 Å². The quantitative estimate of drug-likeness (QED) is 0.480. The lowest BCUT2D eigenvalue weighted by Crippen LogP contribution is -2.58. The number of nitrogens with two attached hydrogens (primary N) is 1. The second kappa shape index (κ2) is 11.4. The lowest BCUT2D eigenvalue weighted by Gasteiger charge is -2.45. The van der Waals surface area contributed by atoms with Gasteiger partial charge < -0.3 is 26.0 Å². The molecule has 1 aliphatic heterocycles. The Labute approximate surface area is 207 Å². The number of carbonyl (C=O) groups is 3. The van der Waals surface area contributed by atoms with Gasteiger partial charge in [0.15, 0.2) is 0 Å². The third-order valence-electron chi connectivity index (χ3n) is 6.26. The number of halogens is 1. The molecule has 0 bridgehead atoms. The van der Waals surface area contributed by atoms with Gasteiger partial charge in [-0.25, -0.2) is 4.79 Å². The number of likely N-dealkylation sites (tertiary alicyclic amines) is 1. The molecule has 1 heterocycles. The van der Waals surface area contributed by atoms with Gasteiger partial charge in [0, 0.05) is 18.1 Å². The van der Waals surface area contributed by atoms with E-state index in [1.165, 1.54) is 5.56 Å². The molecule has 2 atom stereocenters. The predicted octanol–water partition coefficient (Wildman–Crippen LogP) is 3.29. The van der Waals surface area contributed by atoms with Gasteiger partial charge >= 0.3 is 12.0 Å². The van der Waals surface area contributed by atoms with Gasteiger partial charge in [-0.05, 0) is 55.2 Å². The zero-order valence-electron chi connectivity index (χ0n) is 21.1. The summed E-state index contributed by atoms with van der Waals surface area (Å²) >= 11 is 6.05. The molecular formula is C25H39ClN4O4. The van der Waals surface area contributed by atoms with Crippen LogP contribution in [0, 0.1) is 11.3 Å². The van der Waals surface area contributed by atoms with Crippen molar-refractivity contribution in [1.82, 2.24) is 15.5 Å². The van der Waals surface area contributed by atoms with E-state index in [1.807, 2.05) is 30.9 Å². The number of esters is 1. The molecule has 190 valence electrons. The minimum atomic E-state index is -0.918. The van der Waals surface area contributed by atoms with E-state index in [2.05, 4.69) is 36.6 Å². The topological polar surface area (TPSA) is 114 Å². The van der Waals surface area contributed by atoms with E-state index in [1.54, 1.807) is 13.8 Å². The maximum atomic E-state index is 13.4. The molecule has 2 unspecified atom stereocenters. The third kappa shape index (κ3) is 7.60. The highest BCUT2D eigenvalue weighted by atomic mass is 35.5. The van der Waals surface area contributed by atoms with E-state index < -0.39 is 23.6 Å². The van der Waals surface area contributed by atoms with Crippen LogP contribution in [0.3, 0.4) is 0 Å². The molecule has 34 heavy (non-hydrogen) atoms. The smallest absolute Gasteiger partial charge is 0.320 e. The molecule has 4 N–H and O–H groups in total. The van der Waals surface area contributed by atoms with Gasteiger partial charge in [-0.1, -0.05) is 51.4 Å². The highest BCUT2D eigenvalue weighted by molar-refractivity contribution is 6.30. The molecule has 1 aliphatic rings. The predicted molar refractivity (Wildman–Crippen MR) is 134 cm³/mol. The van der Waals surface area contributed by atoms with Crippen molar-refractivity contribution in [2.45, 2.75) is 65.5 Å². The van der Waals surface area contributed by atoms with Crippen molar-refractivity contribution in [3.05, 3.63) is 34.9 Å². The Morgan fingerprint density at radius 3 is 2.38 bits per heavy atom. The summed E-state index contributed by atoms with van der Waals surface area (Å²) in [7, 11) is 0. The van der Waals surface area contributed by atoms with Crippen LogP contribution in [0.25, 0.3) is 0 Å². The lowest BCUT2D eigenvalue weighted by atomic mass is 9.70. The molecule has 3 amide bonds. The van der Waals surface area contributed by atoms with Crippen molar-refractivity contribution in [2.24, 2.45) is 17.1 Å². The molecule has 1 saturated heterocycles. The minimum Gasteiger partial charge on any atom is -0.457 e. The summed E-state index contributed by atoms with van der Waals surface area (Å²) in [5.74, 6) is -0.437. The number of nitrogens with zero attached hydrogens (tertiary/aromatic N) is 1. The molecule has 0 radical (unpaired) electrons. The standard InChI is InChI=1S/C25H39ClN4O4/c1-16(2)21(29-23(33)28-14-25(5,6)34-20(31)13-27)22(32)30-12-11-19(24(3,4)15-30)17-7-9-18(26)10-8-17/h7-10,16,19,21H,11-15,27H2,1-6H3,(H2,28,29,33). The van der Waals surface area contributed by atoms with Crippen LogP contribution >= 0.6 is 11.6 Å². The number of rotatable bonds is 8. The van der Waals surface area contributed by atoms with Crippen molar-refractivity contribution in [1.29, 1.82) is 0 Å². The Balaban J connectivity index is 2.01. The fourth-order valence-corrected chi connectivity index (χ4v) is 4.57. The summed E-state index contributed by atoms with van der Waals surface area (Å²) in [6, 6.07) is 6.76. The largest absolute Gasteiger partial charge is 0.457 e. The van der Waals surface area contributed by atoms with Crippen molar-refractivity contribution in [2.75, 3.05) is 26.2 Å². The Morgan fingerprint density at radius 1 is 1.24 bits per heavy atom. The number of hydrogen-bond donors (Lipinski definition) is 3. The van der Waals surface area contributed by atoms with Crippen LogP contribution in [0.4, 0.5) is 4.79 Å². The second-order valence-electron chi connectivity index (χ2n) is 10.6. The number of nitrogens with one attached hydrogen (secondary N) is 2. The summed E-state index contributed by atoms with van der Waals surface area (Å²) in [5, 5.41) is 6.21. The van der Waals surface area contributed by atoms with E-state index in [4.69, 9.17) is 22.1 Å². The Bertz CT molecular complexity index is 870. The maximum Gasteiger partial charge on any atom is 0.320 e. The Kier molecular flexibility index (Phi) is 9.37. The molecule has 0 saturated carbocycles. The van der Waals surface area contributed by atoms with E-state index in [0.29, 0.717) is 24.0 Å². The molecule has 2 rings (SSSR count). The zero-order valence-corrected chi connectivity index (χ0v) is 21.9. The summed E-state index contributed by atoms with van der Waals surface area (Å²) in [4.78, 5) is 39.3. The number of ether oxygens (including phenoxy) is 1. The van der Waals surface area contributed by atoms with Crippen molar-refractivity contribution < 1.29 is 19.1 Å². The first-order chi connectivity index (χ1) is 15.8. The van der Waals surface area contributed by atoms with Crippen molar-refractivity contribution in [3.8, 4) is 0 Å². The van der Waals surface area contributed by atoms with E-state index >= 15 is 0 Å². The highest BCUT2D eigenvalue weighted by Crippen LogP contribution is 2.42. The van der Waals surface area contributed by atoms with Gasteiger partial charge in [0.2, 0.25) is 5.91 Å². The molecular weight excluding hydrogens is 456 g/mol. The third-order valence-corrected chi connectivity index (χ3v) is 6.52. The molecule has 9 heteroatoms. The van der Waals surface area contributed by atoms with E-state index in [9.17, 15) is 14.4 Å². The zero-order chi connectivity index (χ0) is 25.7. The summed E-state index contributed by atoms with van der Waals surface area (Å²) in [5.41, 5.74) is 5.45. The molecule has 1 fully saturated rings. The lowest BCUT2D eigenvalue weighted by molar-refractivity contribution is -0.154. The van der Waals surface area contributed by atoms with Crippen LogP contribution in [0.15, 0.2) is 24.3 Å². The normalized spacial score (nSPS) is 18.9. The number of amides is 3. The van der Waals surface area contributed by atoms with Crippen LogP contribution < -0.4 is 16.4 Å².